The Hall–Kier alpha value is -7.17. The molecule has 0 saturated carbocycles. The van der Waals surface area contributed by atoms with E-state index in [0.29, 0.717) is 5.89 Å². The van der Waals surface area contributed by atoms with Gasteiger partial charge in [0, 0.05) is 45.0 Å². The van der Waals surface area contributed by atoms with E-state index in [4.69, 9.17) is 13.8 Å². The number of nitrogens with zero attached hydrogens (tertiary/aromatic N) is 2. The third kappa shape index (κ3) is 5.54. The molecule has 0 fully saturated rings. The fraction of sp³-hybridized carbons (Fsp3) is 0. The van der Waals surface area contributed by atoms with Crippen molar-refractivity contribution in [2.45, 2.75) is 0 Å². The topological polar surface area (TPSA) is 42.4 Å². The summed E-state index contributed by atoms with van der Waals surface area (Å²) in [5, 5.41) is 2.06. The van der Waals surface area contributed by atoms with Gasteiger partial charge < -0.3 is 13.7 Å². The summed E-state index contributed by atoms with van der Waals surface area (Å²) in [6, 6.07) is 67.5. The smallest absolute Gasteiger partial charge is 0.227 e. The number of fused-ring (bicyclic) bond motifs is 4. The summed E-state index contributed by atoms with van der Waals surface area (Å²) in [6.45, 7) is 0. The normalized spacial score (nSPS) is 11.4. The molecule has 0 aliphatic carbocycles. The number of aromatic nitrogens is 1. The van der Waals surface area contributed by atoms with Crippen LogP contribution in [0.25, 0.3) is 77.9 Å². The molecule has 0 saturated heterocycles. The van der Waals surface area contributed by atoms with Crippen LogP contribution >= 0.6 is 0 Å². The van der Waals surface area contributed by atoms with Gasteiger partial charge >= 0.3 is 0 Å². The molecule has 0 bridgehead atoms. The molecular formula is C49H32N2O2. The predicted molar refractivity (Wildman–Crippen MR) is 218 cm³/mol. The van der Waals surface area contributed by atoms with E-state index in [-0.39, 0.29) is 0 Å². The van der Waals surface area contributed by atoms with Crippen molar-refractivity contribution < 1.29 is 8.83 Å². The van der Waals surface area contributed by atoms with Gasteiger partial charge in [-0.3, -0.25) is 0 Å². The van der Waals surface area contributed by atoms with E-state index in [2.05, 4.69) is 138 Å². The fourth-order valence-corrected chi connectivity index (χ4v) is 7.34. The van der Waals surface area contributed by atoms with E-state index >= 15 is 0 Å². The molecule has 8 aromatic carbocycles. The Morgan fingerprint density at radius 2 is 0.849 bits per heavy atom. The van der Waals surface area contributed by atoms with Crippen LogP contribution in [0.1, 0.15) is 0 Å². The molecule has 53 heavy (non-hydrogen) atoms. The molecule has 0 spiro atoms. The summed E-state index contributed by atoms with van der Waals surface area (Å²) in [5.74, 6) is 0.585. The van der Waals surface area contributed by atoms with Gasteiger partial charge in [-0.25, -0.2) is 4.98 Å². The maximum atomic E-state index is 6.60. The van der Waals surface area contributed by atoms with Gasteiger partial charge in [-0.15, -0.1) is 0 Å². The second-order valence-corrected chi connectivity index (χ2v) is 13.2. The minimum Gasteiger partial charge on any atom is -0.456 e. The molecule has 0 aliphatic rings. The molecule has 0 amide bonds. The van der Waals surface area contributed by atoms with Crippen molar-refractivity contribution in [1.29, 1.82) is 0 Å². The Labute approximate surface area is 306 Å². The minimum atomic E-state index is 0.585. The van der Waals surface area contributed by atoms with Gasteiger partial charge in [0.1, 0.15) is 16.7 Å². The highest BCUT2D eigenvalue weighted by molar-refractivity contribution is 6.19. The van der Waals surface area contributed by atoms with E-state index in [1.807, 2.05) is 60.7 Å². The van der Waals surface area contributed by atoms with Crippen LogP contribution in [0.4, 0.5) is 17.1 Å². The summed E-state index contributed by atoms with van der Waals surface area (Å²) in [4.78, 5) is 7.22. The minimum absolute atomic E-state index is 0.585. The molecule has 2 heterocycles. The number of rotatable bonds is 7. The number of hydrogen-bond acceptors (Lipinski definition) is 4. The number of benzene rings is 8. The second-order valence-electron chi connectivity index (χ2n) is 13.2. The average molecular weight is 681 g/mol. The van der Waals surface area contributed by atoms with Gasteiger partial charge in [0.2, 0.25) is 5.89 Å². The molecule has 0 unspecified atom stereocenters. The Morgan fingerprint density at radius 3 is 1.47 bits per heavy atom. The molecule has 10 aromatic rings. The highest BCUT2D eigenvalue weighted by atomic mass is 16.4. The molecule has 4 heteroatoms. The largest absolute Gasteiger partial charge is 0.456 e. The van der Waals surface area contributed by atoms with E-state index in [1.54, 1.807) is 0 Å². The van der Waals surface area contributed by atoms with Gasteiger partial charge in [0.05, 0.1) is 0 Å². The lowest BCUT2D eigenvalue weighted by Gasteiger charge is -2.26. The third-order valence-electron chi connectivity index (χ3n) is 9.92. The van der Waals surface area contributed by atoms with Crippen molar-refractivity contribution in [1.82, 2.24) is 4.98 Å². The molecule has 0 aliphatic heterocycles. The van der Waals surface area contributed by atoms with Crippen molar-refractivity contribution in [3.63, 3.8) is 0 Å². The first-order chi connectivity index (χ1) is 26.3. The van der Waals surface area contributed by atoms with Gasteiger partial charge in [-0.1, -0.05) is 133 Å². The first kappa shape index (κ1) is 30.6. The van der Waals surface area contributed by atoms with Crippen LogP contribution in [0.2, 0.25) is 0 Å². The summed E-state index contributed by atoms with van der Waals surface area (Å²) in [6.07, 6.45) is 0. The second kappa shape index (κ2) is 12.9. The molecule has 10 rings (SSSR count). The zero-order chi connectivity index (χ0) is 35.1. The van der Waals surface area contributed by atoms with Crippen LogP contribution in [0.3, 0.4) is 0 Å². The van der Waals surface area contributed by atoms with E-state index < -0.39 is 0 Å². The fourth-order valence-electron chi connectivity index (χ4n) is 7.34. The van der Waals surface area contributed by atoms with Crippen LogP contribution in [0.15, 0.2) is 203 Å². The standard InChI is InChI=1S/C49H32N2O2/c1-4-12-33(13-5-1)34-20-22-35(23-21-34)36-24-28-40(29-25-36)51(39-16-8-3-9-17-39)41-30-26-37(27-31-41)46-47-42-18-10-11-19-44(42)52-45(47)32-43-48(46)53-49(50-43)38-14-6-2-7-15-38/h1-32H. The first-order valence-corrected chi connectivity index (χ1v) is 17.8. The van der Waals surface area contributed by atoms with Gasteiger partial charge in [0.25, 0.3) is 0 Å². The maximum absolute atomic E-state index is 6.60. The van der Waals surface area contributed by atoms with E-state index in [0.717, 1.165) is 66.8 Å². The van der Waals surface area contributed by atoms with Crippen molar-refractivity contribution in [3.8, 4) is 44.8 Å². The lowest BCUT2D eigenvalue weighted by atomic mass is 9.97. The molecule has 2 aromatic heterocycles. The zero-order valence-electron chi connectivity index (χ0n) is 28.7. The first-order valence-electron chi connectivity index (χ1n) is 17.8. The number of furan rings is 1. The molecule has 250 valence electrons. The third-order valence-corrected chi connectivity index (χ3v) is 9.92. The van der Waals surface area contributed by atoms with Crippen molar-refractivity contribution in [2.24, 2.45) is 0 Å². The lowest BCUT2D eigenvalue weighted by molar-refractivity contribution is 0.621. The van der Waals surface area contributed by atoms with Crippen molar-refractivity contribution in [2.75, 3.05) is 4.90 Å². The van der Waals surface area contributed by atoms with Crippen LogP contribution < -0.4 is 4.90 Å². The van der Waals surface area contributed by atoms with E-state index in [1.165, 1.54) is 22.3 Å². The molecule has 0 N–H and O–H groups in total. The molecule has 0 atom stereocenters. The van der Waals surface area contributed by atoms with E-state index in [9.17, 15) is 0 Å². The summed E-state index contributed by atoms with van der Waals surface area (Å²) >= 11 is 0. The van der Waals surface area contributed by atoms with Gasteiger partial charge in [-0.05, 0) is 82.4 Å². The summed E-state index contributed by atoms with van der Waals surface area (Å²) < 4.78 is 13.0. The van der Waals surface area contributed by atoms with Crippen LogP contribution in [-0.2, 0) is 0 Å². The Morgan fingerprint density at radius 1 is 0.377 bits per heavy atom. The number of anilines is 3. The zero-order valence-corrected chi connectivity index (χ0v) is 28.7. The Bertz CT molecular complexity index is 2840. The summed E-state index contributed by atoms with van der Waals surface area (Å²) in [7, 11) is 0. The molecule has 0 radical (unpaired) electrons. The van der Waals surface area contributed by atoms with Crippen molar-refractivity contribution >= 4 is 50.1 Å². The number of oxazole rings is 1. The van der Waals surface area contributed by atoms with Crippen LogP contribution in [-0.4, -0.2) is 4.98 Å². The lowest BCUT2D eigenvalue weighted by Crippen LogP contribution is -2.09. The SMILES string of the molecule is c1ccc(-c2ccc(-c3ccc(N(c4ccccc4)c4ccc(-c5c6oc(-c7ccccc7)nc6cc6oc7ccccc7c56)cc4)cc3)cc2)cc1. The predicted octanol–water partition coefficient (Wildman–Crippen LogP) is 13.9. The quantitative estimate of drug-likeness (QED) is 0.168. The Balaban J connectivity index is 1.05. The van der Waals surface area contributed by atoms with Crippen LogP contribution in [0, 0.1) is 0 Å². The number of hydrogen-bond donors (Lipinski definition) is 0. The highest BCUT2D eigenvalue weighted by Gasteiger charge is 2.22. The Kier molecular flexibility index (Phi) is 7.43. The average Bonchev–Trinajstić information content (AvgIpc) is 3.83. The maximum Gasteiger partial charge on any atom is 0.227 e. The van der Waals surface area contributed by atoms with Gasteiger partial charge in [0.15, 0.2) is 5.58 Å². The molecule has 4 nitrogen and oxygen atoms in total. The van der Waals surface area contributed by atoms with Crippen LogP contribution in [0.5, 0.6) is 0 Å². The highest BCUT2D eigenvalue weighted by Crippen LogP contribution is 2.44. The monoisotopic (exact) mass is 680 g/mol. The number of para-hydroxylation sites is 2. The van der Waals surface area contributed by atoms with Crippen molar-refractivity contribution in [3.05, 3.63) is 194 Å². The molecular weight excluding hydrogens is 649 g/mol. The van der Waals surface area contributed by atoms with Gasteiger partial charge in [-0.2, -0.15) is 0 Å². The summed E-state index contributed by atoms with van der Waals surface area (Å²) in [5.41, 5.74) is 14.0.